The Hall–Kier alpha value is -1.59. The molecule has 2 rings (SSSR count). The lowest BCUT2D eigenvalue weighted by atomic mass is 9.80. The number of carbonyl (C=O) groups is 1. The van der Waals surface area contributed by atoms with Crippen LogP contribution in [0.4, 0.5) is 4.79 Å². The number of nitrogens with one attached hydrogen (secondary N) is 2. The van der Waals surface area contributed by atoms with E-state index in [1.807, 2.05) is 12.1 Å². The van der Waals surface area contributed by atoms with Gasteiger partial charge in [-0.15, -0.1) is 0 Å². The summed E-state index contributed by atoms with van der Waals surface area (Å²) in [7, 11) is 2.09. The minimum atomic E-state index is -0.679. The second-order valence-electron chi connectivity index (χ2n) is 6.26. The van der Waals surface area contributed by atoms with Crippen molar-refractivity contribution in [2.24, 2.45) is 0 Å². The van der Waals surface area contributed by atoms with Crippen molar-refractivity contribution in [2.45, 2.75) is 44.9 Å². The van der Waals surface area contributed by atoms with E-state index < -0.39 is 5.60 Å². The van der Waals surface area contributed by atoms with Gasteiger partial charge in [-0.1, -0.05) is 31.2 Å². The van der Waals surface area contributed by atoms with Crippen LogP contribution in [0.3, 0.4) is 0 Å². The molecule has 0 atom stereocenters. The fraction of sp³-hybridized carbons (Fsp3) is 0.588. The van der Waals surface area contributed by atoms with Crippen molar-refractivity contribution < 1.29 is 9.90 Å². The second kappa shape index (κ2) is 7.61. The van der Waals surface area contributed by atoms with Crippen molar-refractivity contribution in [3.8, 4) is 0 Å². The molecule has 1 aromatic carbocycles. The lowest BCUT2D eigenvalue weighted by molar-refractivity contribution is -0.0290. The highest BCUT2D eigenvalue weighted by Crippen LogP contribution is 2.30. The molecule has 0 unspecified atom stereocenters. The van der Waals surface area contributed by atoms with Gasteiger partial charge in [0, 0.05) is 19.6 Å². The third-order valence-electron chi connectivity index (χ3n) is 4.30. The molecule has 5 nitrogen and oxygen atoms in total. The van der Waals surface area contributed by atoms with Crippen molar-refractivity contribution in [1.82, 2.24) is 15.5 Å². The van der Waals surface area contributed by atoms with Crippen LogP contribution in [0.5, 0.6) is 0 Å². The molecule has 0 saturated heterocycles. The summed E-state index contributed by atoms with van der Waals surface area (Å²) >= 11 is 0. The van der Waals surface area contributed by atoms with Crippen LogP contribution < -0.4 is 10.6 Å². The highest BCUT2D eigenvalue weighted by atomic mass is 16.3. The van der Waals surface area contributed by atoms with Crippen LogP contribution in [0.25, 0.3) is 0 Å². The Labute approximate surface area is 132 Å². The van der Waals surface area contributed by atoms with Crippen LogP contribution in [0.1, 0.15) is 37.3 Å². The molecule has 3 N–H and O–H groups in total. The van der Waals surface area contributed by atoms with E-state index in [0.717, 1.165) is 37.9 Å². The number of urea groups is 1. The van der Waals surface area contributed by atoms with Crippen LogP contribution >= 0.6 is 0 Å². The number of benzene rings is 1. The molecule has 0 heterocycles. The first-order valence-electron chi connectivity index (χ1n) is 8.01. The first kappa shape index (κ1) is 16.8. The highest BCUT2D eigenvalue weighted by Gasteiger charge is 2.34. The summed E-state index contributed by atoms with van der Waals surface area (Å²) in [5, 5.41) is 15.5. The number of rotatable bonds is 7. The van der Waals surface area contributed by atoms with E-state index in [1.165, 1.54) is 5.56 Å². The summed E-state index contributed by atoms with van der Waals surface area (Å²) < 4.78 is 0. The van der Waals surface area contributed by atoms with E-state index in [4.69, 9.17) is 0 Å². The Kier molecular flexibility index (Phi) is 5.80. The average molecular weight is 305 g/mol. The number of hydrogen-bond acceptors (Lipinski definition) is 3. The molecule has 0 radical (unpaired) electrons. The summed E-state index contributed by atoms with van der Waals surface area (Å²) in [6.45, 7) is 4.87. The highest BCUT2D eigenvalue weighted by molar-refractivity contribution is 5.73. The largest absolute Gasteiger partial charge is 0.388 e. The molecular formula is C17H27N3O2. The summed E-state index contributed by atoms with van der Waals surface area (Å²) in [5.41, 5.74) is 1.65. The Bertz CT molecular complexity index is 500. The zero-order valence-electron chi connectivity index (χ0n) is 13.6. The van der Waals surface area contributed by atoms with Crippen LogP contribution in [-0.4, -0.2) is 41.8 Å². The molecule has 0 aliphatic heterocycles. The third kappa shape index (κ3) is 5.00. The fourth-order valence-corrected chi connectivity index (χ4v) is 2.51. The second-order valence-corrected chi connectivity index (χ2v) is 6.26. The summed E-state index contributed by atoms with van der Waals surface area (Å²) in [6.07, 6.45) is 2.60. The number of aliphatic hydroxyl groups is 1. The molecule has 5 heteroatoms. The van der Waals surface area contributed by atoms with Gasteiger partial charge in [0.15, 0.2) is 0 Å². The van der Waals surface area contributed by atoms with E-state index in [1.54, 1.807) is 0 Å². The normalized spacial score (nSPS) is 16.2. The SMILES string of the molecule is CCN(C)Cc1cccc(CNC(=O)NCC2(O)CCC2)c1. The predicted octanol–water partition coefficient (Wildman–Crippen LogP) is 1.85. The molecule has 2 amide bonds. The standard InChI is InChI=1S/C17H27N3O2/c1-3-20(2)12-15-7-4-6-14(10-15)11-18-16(21)19-13-17(22)8-5-9-17/h4,6-7,10,22H,3,5,8-9,11-13H2,1-2H3,(H2,18,19,21). The molecule has 122 valence electrons. The van der Waals surface area contributed by atoms with Gasteiger partial charge < -0.3 is 20.6 Å². The van der Waals surface area contributed by atoms with Crippen molar-refractivity contribution in [1.29, 1.82) is 0 Å². The van der Waals surface area contributed by atoms with Gasteiger partial charge in [0.1, 0.15) is 0 Å². The Balaban J connectivity index is 1.75. The maximum absolute atomic E-state index is 11.8. The van der Waals surface area contributed by atoms with Gasteiger partial charge in [-0.25, -0.2) is 4.79 Å². The van der Waals surface area contributed by atoms with E-state index in [2.05, 4.69) is 41.6 Å². The predicted molar refractivity (Wildman–Crippen MR) is 87.5 cm³/mol. The van der Waals surface area contributed by atoms with Crippen molar-refractivity contribution in [3.63, 3.8) is 0 Å². The van der Waals surface area contributed by atoms with E-state index >= 15 is 0 Å². The zero-order chi connectivity index (χ0) is 16.0. The Morgan fingerprint density at radius 1 is 1.32 bits per heavy atom. The molecule has 1 aliphatic rings. The molecule has 1 aromatic rings. The van der Waals surface area contributed by atoms with Gasteiger partial charge in [0.25, 0.3) is 0 Å². The van der Waals surface area contributed by atoms with Gasteiger partial charge in [-0.2, -0.15) is 0 Å². The maximum Gasteiger partial charge on any atom is 0.315 e. The van der Waals surface area contributed by atoms with Gasteiger partial charge in [0.05, 0.1) is 5.60 Å². The molecule has 1 saturated carbocycles. The van der Waals surface area contributed by atoms with Gasteiger partial charge in [-0.3, -0.25) is 0 Å². The van der Waals surface area contributed by atoms with Gasteiger partial charge in [0.2, 0.25) is 0 Å². The number of hydrogen-bond donors (Lipinski definition) is 3. The van der Waals surface area contributed by atoms with Gasteiger partial charge in [-0.05, 0) is 44.0 Å². The Morgan fingerprint density at radius 3 is 2.68 bits per heavy atom. The monoisotopic (exact) mass is 305 g/mol. The van der Waals surface area contributed by atoms with E-state index in [-0.39, 0.29) is 6.03 Å². The maximum atomic E-state index is 11.8. The van der Waals surface area contributed by atoms with E-state index in [9.17, 15) is 9.90 Å². The van der Waals surface area contributed by atoms with E-state index in [0.29, 0.717) is 13.1 Å². The van der Waals surface area contributed by atoms with Crippen molar-refractivity contribution in [2.75, 3.05) is 20.1 Å². The molecular weight excluding hydrogens is 278 g/mol. The summed E-state index contributed by atoms with van der Waals surface area (Å²) in [4.78, 5) is 14.0. The number of carbonyl (C=O) groups excluding carboxylic acids is 1. The molecule has 0 aromatic heterocycles. The smallest absolute Gasteiger partial charge is 0.315 e. The summed E-state index contributed by atoms with van der Waals surface area (Å²) in [6, 6.07) is 8.02. The first-order chi connectivity index (χ1) is 10.5. The molecule has 0 spiro atoms. The minimum Gasteiger partial charge on any atom is -0.388 e. The van der Waals surface area contributed by atoms with Crippen molar-refractivity contribution >= 4 is 6.03 Å². The van der Waals surface area contributed by atoms with Crippen molar-refractivity contribution in [3.05, 3.63) is 35.4 Å². The van der Waals surface area contributed by atoms with Crippen LogP contribution in [-0.2, 0) is 13.1 Å². The molecule has 22 heavy (non-hydrogen) atoms. The summed E-state index contributed by atoms with van der Waals surface area (Å²) in [5.74, 6) is 0. The van der Waals surface area contributed by atoms with Gasteiger partial charge >= 0.3 is 6.03 Å². The van der Waals surface area contributed by atoms with Crippen LogP contribution in [0, 0.1) is 0 Å². The lowest BCUT2D eigenvalue weighted by Gasteiger charge is -2.36. The molecule has 1 aliphatic carbocycles. The topological polar surface area (TPSA) is 64.6 Å². The number of amides is 2. The minimum absolute atomic E-state index is 0.226. The lowest BCUT2D eigenvalue weighted by Crippen LogP contribution is -2.49. The fourth-order valence-electron chi connectivity index (χ4n) is 2.51. The first-order valence-corrected chi connectivity index (χ1v) is 8.01. The third-order valence-corrected chi connectivity index (χ3v) is 4.30. The number of nitrogens with zero attached hydrogens (tertiary/aromatic N) is 1. The van der Waals surface area contributed by atoms with Crippen LogP contribution in [0.15, 0.2) is 24.3 Å². The average Bonchev–Trinajstić information content (AvgIpc) is 2.49. The molecule has 0 bridgehead atoms. The zero-order valence-corrected chi connectivity index (χ0v) is 13.6. The molecule has 1 fully saturated rings. The quantitative estimate of drug-likeness (QED) is 0.720. The van der Waals surface area contributed by atoms with Crippen LogP contribution in [0.2, 0.25) is 0 Å². The Morgan fingerprint density at radius 2 is 2.05 bits per heavy atom.